The molecule has 3 aromatic carbocycles. The van der Waals surface area contributed by atoms with Crippen LogP contribution in [0.4, 0.5) is 5.95 Å². The minimum Gasteiger partial charge on any atom is -0.495 e. The normalized spacial score (nSPS) is 11.6. The summed E-state index contributed by atoms with van der Waals surface area (Å²) in [4.78, 5) is 17.6. The second-order valence-corrected chi connectivity index (χ2v) is 9.37. The van der Waals surface area contributed by atoms with Gasteiger partial charge in [-0.25, -0.2) is 18.1 Å². The molecule has 0 radical (unpaired) electrons. The monoisotopic (exact) mass is 464 g/mol. The average Bonchev–Trinajstić information content (AvgIpc) is 3.16. The summed E-state index contributed by atoms with van der Waals surface area (Å²) in [5.74, 6) is -0.0182. The zero-order valence-corrected chi connectivity index (χ0v) is 19.3. The molecule has 0 atom stereocenters. The molecule has 0 saturated carbocycles. The van der Waals surface area contributed by atoms with Crippen molar-refractivity contribution in [2.45, 2.75) is 24.8 Å². The molecule has 1 amide bonds. The van der Waals surface area contributed by atoms with Crippen LogP contribution in [0.1, 0.15) is 24.2 Å². The molecule has 170 valence electrons. The highest BCUT2D eigenvalue weighted by Gasteiger charge is 2.23. The number of carbonyl (C=O) groups is 1. The van der Waals surface area contributed by atoms with Crippen LogP contribution in [0, 0.1) is 0 Å². The van der Waals surface area contributed by atoms with E-state index in [1.165, 1.54) is 25.3 Å². The van der Waals surface area contributed by atoms with Crippen molar-refractivity contribution in [2.75, 3.05) is 12.4 Å². The number of ether oxygens (including phenoxy) is 1. The van der Waals surface area contributed by atoms with E-state index in [9.17, 15) is 13.2 Å². The first-order chi connectivity index (χ1) is 15.8. The molecule has 0 aliphatic rings. The van der Waals surface area contributed by atoms with E-state index in [-0.39, 0.29) is 22.3 Å². The number of sulfonamides is 1. The standard InChI is InChI=1S/C24H24N4O4S/c1-16(2)27-33(30,31)22-15-17(13-14-21(22)32-3)23(29)26-24-25-19-11-7-8-12-20(19)28(24)18-9-5-4-6-10-18/h4-16,27H,1-3H3,(H,25,26,29). The summed E-state index contributed by atoms with van der Waals surface area (Å²) in [6, 6.07) is 21.1. The maximum atomic E-state index is 13.2. The Kier molecular flexibility index (Phi) is 6.17. The van der Waals surface area contributed by atoms with E-state index in [1.54, 1.807) is 13.8 Å². The number of benzene rings is 3. The lowest BCUT2D eigenvalue weighted by molar-refractivity contribution is 0.102. The molecule has 0 bridgehead atoms. The van der Waals surface area contributed by atoms with Gasteiger partial charge in [0.2, 0.25) is 16.0 Å². The number of para-hydroxylation sites is 3. The van der Waals surface area contributed by atoms with E-state index in [1.807, 2.05) is 59.2 Å². The van der Waals surface area contributed by atoms with Crippen LogP contribution < -0.4 is 14.8 Å². The highest BCUT2D eigenvalue weighted by atomic mass is 32.2. The van der Waals surface area contributed by atoms with Gasteiger partial charge in [-0.1, -0.05) is 30.3 Å². The average molecular weight is 465 g/mol. The molecule has 0 fully saturated rings. The summed E-state index contributed by atoms with van der Waals surface area (Å²) >= 11 is 0. The molecule has 0 saturated heterocycles. The molecular formula is C24H24N4O4S. The molecule has 0 aliphatic carbocycles. The van der Waals surface area contributed by atoms with Crippen molar-refractivity contribution in [1.82, 2.24) is 14.3 Å². The molecule has 9 heteroatoms. The fourth-order valence-corrected chi connectivity index (χ4v) is 4.97. The Hall–Kier alpha value is -3.69. The second kappa shape index (κ2) is 9.05. The Balaban J connectivity index is 1.75. The largest absolute Gasteiger partial charge is 0.495 e. The number of rotatable bonds is 7. The Morgan fingerprint density at radius 2 is 1.70 bits per heavy atom. The van der Waals surface area contributed by atoms with E-state index in [4.69, 9.17) is 4.74 Å². The van der Waals surface area contributed by atoms with Crippen LogP contribution in [-0.4, -0.2) is 37.0 Å². The summed E-state index contributed by atoms with van der Waals surface area (Å²) in [5, 5.41) is 2.83. The van der Waals surface area contributed by atoms with Gasteiger partial charge in [0.15, 0.2) is 0 Å². The highest BCUT2D eigenvalue weighted by molar-refractivity contribution is 7.89. The van der Waals surface area contributed by atoms with Gasteiger partial charge in [-0.3, -0.25) is 14.7 Å². The molecule has 0 unspecified atom stereocenters. The van der Waals surface area contributed by atoms with Crippen molar-refractivity contribution in [2.24, 2.45) is 0 Å². The minimum atomic E-state index is -3.88. The second-order valence-electron chi connectivity index (χ2n) is 7.69. The lowest BCUT2D eigenvalue weighted by Gasteiger charge is -2.14. The Morgan fingerprint density at radius 1 is 1.00 bits per heavy atom. The quantitative estimate of drug-likeness (QED) is 0.431. The number of methoxy groups -OCH3 is 1. The number of aromatic nitrogens is 2. The number of hydrogen-bond acceptors (Lipinski definition) is 5. The van der Waals surface area contributed by atoms with Crippen LogP contribution in [0.25, 0.3) is 16.7 Å². The van der Waals surface area contributed by atoms with Crippen molar-refractivity contribution < 1.29 is 17.9 Å². The third-order valence-corrected chi connectivity index (χ3v) is 6.59. The summed E-state index contributed by atoms with van der Waals surface area (Å²) in [7, 11) is -2.50. The molecule has 2 N–H and O–H groups in total. The van der Waals surface area contributed by atoms with Gasteiger partial charge < -0.3 is 4.74 Å². The summed E-state index contributed by atoms with van der Waals surface area (Å²) < 4.78 is 35.1. The van der Waals surface area contributed by atoms with Gasteiger partial charge in [0.1, 0.15) is 10.6 Å². The SMILES string of the molecule is COc1ccc(C(=O)Nc2nc3ccccc3n2-c2ccccc2)cc1S(=O)(=O)NC(C)C. The topological polar surface area (TPSA) is 102 Å². The van der Waals surface area contributed by atoms with E-state index in [0.717, 1.165) is 16.7 Å². The molecule has 0 aliphatic heterocycles. The van der Waals surface area contributed by atoms with Crippen LogP contribution >= 0.6 is 0 Å². The fourth-order valence-electron chi connectivity index (χ4n) is 3.52. The number of amides is 1. The first-order valence-corrected chi connectivity index (χ1v) is 11.8. The Labute approximate surface area is 192 Å². The van der Waals surface area contributed by atoms with Crippen molar-refractivity contribution >= 4 is 32.9 Å². The maximum absolute atomic E-state index is 13.2. The van der Waals surface area contributed by atoms with Crippen molar-refractivity contribution in [3.05, 3.63) is 78.4 Å². The zero-order valence-electron chi connectivity index (χ0n) is 18.4. The van der Waals surface area contributed by atoms with Crippen molar-refractivity contribution in [3.8, 4) is 11.4 Å². The zero-order chi connectivity index (χ0) is 23.6. The Morgan fingerprint density at radius 3 is 2.39 bits per heavy atom. The molecular weight excluding hydrogens is 440 g/mol. The van der Waals surface area contributed by atoms with Gasteiger partial charge in [-0.05, 0) is 56.3 Å². The minimum absolute atomic E-state index is 0.108. The molecule has 4 aromatic rings. The number of nitrogens with one attached hydrogen (secondary N) is 2. The summed E-state index contributed by atoms with van der Waals surface area (Å²) in [6.45, 7) is 3.43. The molecule has 1 heterocycles. The molecule has 4 rings (SSSR count). The lowest BCUT2D eigenvalue weighted by Crippen LogP contribution is -2.30. The maximum Gasteiger partial charge on any atom is 0.258 e. The summed E-state index contributed by atoms with van der Waals surface area (Å²) in [6.07, 6.45) is 0. The smallest absolute Gasteiger partial charge is 0.258 e. The van der Waals surface area contributed by atoms with Gasteiger partial charge in [-0.15, -0.1) is 0 Å². The van der Waals surface area contributed by atoms with Gasteiger partial charge in [-0.2, -0.15) is 0 Å². The van der Waals surface area contributed by atoms with Gasteiger partial charge in [0, 0.05) is 17.3 Å². The van der Waals surface area contributed by atoms with Crippen molar-refractivity contribution in [1.29, 1.82) is 0 Å². The number of anilines is 1. The first-order valence-electron chi connectivity index (χ1n) is 10.3. The first kappa shape index (κ1) is 22.5. The third-order valence-electron chi connectivity index (χ3n) is 4.91. The van der Waals surface area contributed by atoms with Crippen LogP contribution in [0.15, 0.2) is 77.7 Å². The molecule has 0 spiro atoms. The number of imidazole rings is 1. The number of carbonyl (C=O) groups excluding carboxylic acids is 1. The summed E-state index contributed by atoms with van der Waals surface area (Å²) in [5.41, 5.74) is 2.54. The van der Waals surface area contributed by atoms with E-state index in [0.29, 0.717) is 5.95 Å². The van der Waals surface area contributed by atoms with Crippen LogP contribution in [0.2, 0.25) is 0 Å². The molecule has 33 heavy (non-hydrogen) atoms. The molecule has 8 nitrogen and oxygen atoms in total. The van der Waals surface area contributed by atoms with Crippen molar-refractivity contribution in [3.63, 3.8) is 0 Å². The number of nitrogens with zero attached hydrogens (tertiary/aromatic N) is 2. The fraction of sp³-hybridized carbons (Fsp3) is 0.167. The predicted octanol–water partition coefficient (Wildman–Crippen LogP) is 3.97. The third kappa shape index (κ3) is 4.59. The number of hydrogen-bond donors (Lipinski definition) is 2. The van der Waals surface area contributed by atoms with E-state index >= 15 is 0 Å². The van der Waals surface area contributed by atoms with Crippen LogP contribution in [-0.2, 0) is 10.0 Å². The number of fused-ring (bicyclic) bond motifs is 1. The van der Waals surface area contributed by atoms with Crippen LogP contribution in [0.5, 0.6) is 5.75 Å². The van der Waals surface area contributed by atoms with Gasteiger partial charge in [0.25, 0.3) is 5.91 Å². The van der Waals surface area contributed by atoms with E-state index in [2.05, 4.69) is 15.0 Å². The Bertz CT molecular complexity index is 1410. The highest BCUT2D eigenvalue weighted by Crippen LogP contribution is 2.27. The lowest BCUT2D eigenvalue weighted by atomic mass is 10.2. The van der Waals surface area contributed by atoms with Crippen LogP contribution in [0.3, 0.4) is 0 Å². The van der Waals surface area contributed by atoms with Gasteiger partial charge in [0.05, 0.1) is 18.1 Å². The molecule has 1 aromatic heterocycles. The van der Waals surface area contributed by atoms with E-state index < -0.39 is 15.9 Å². The predicted molar refractivity (Wildman–Crippen MR) is 127 cm³/mol. The van der Waals surface area contributed by atoms with Gasteiger partial charge >= 0.3 is 0 Å².